The van der Waals surface area contributed by atoms with Crippen molar-refractivity contribution < 1.29 is 95.6 Å². The molecule has 0 fully saturated rings. The first kappa shape index (κ1) is 18.5. The van der Waals surface area contributed by atoms with Crippen LogP contribution >= 0.6 is 0 Å². The molecule has 13 heteroatoms. The van der Waals surface area contributed by atoms with E-state index >= 15 is 0 Å². The van der Waals surface area contributed by atoms with Crippen LogP contribution in [0.4, 0.5) is 21.4 Å². The molecule has 0 rings (SSSR count). The molecule has 0 radical (unpaired) electrons. The summed E-state index contributed by atoms with van der Waals surface area (Å²) in [5, 5.41) is -13.0. The second-order valence-electron chi connectivity index (χ2n) is 1.95. The number of hydrogen-bond donors (Lipinski definition) is 1. The molecule has 0 aliphatic rings. The van der Waals surface area contributed by atoms with Gasteiger partial charge in [-0.1, -0.05) is 3.89 Å². The fourth-order valence-electron chi connectivity index (χ4n) is 0.292. The summed E-state index contributed by atoms with van der Waals surface area (Å²) >= 11 is 0. The summed E-state index contributed by atoms with van der Waals surface area (Å²) in [6.07, 6.45) is 0. The van der Waals surface area contributed by atoms with E-state index in [2.05, 4.69) is 0 Å². The van der Waals surface area contributed by atoms with E-state index in [9.17, 15) is 38.3 Å². The van der Waals surface area contributed by atoms with Crippen LogP contribution in [0.5, 0.6) is 0 Å². The van der Waals surface area contributed by atoms with Crippen molar-refractivity contribution in [3.63, 3.8) is 0 Å². The van der Waals surface area contributed by atoms with Gasteiger partial charge >= 0.3 is 82.2 Å². The van der Waals surface area contributed by atoms with Crippen molar-refractivity contribution in [2.75, 3.05) is 0 Å². The first-order valence-corrected chi connectivity index (χ1v) is 5.24. The molecule has 15 heavy (non-hydrogen) atoms. The van der Waals surface area contributed by atoms with Crippen LogP contribution in [0.25, 0.3) is 0 Å². The van der Waals surface area contributed by atoms with E-state index in [4.69, 9.17) is 4.55 Å². The molecule has 0 aromatic rings. The molecule has 88 valence electrons. The van der Waals surface area contributed by atoms with Gasteiger partial charge in [-0.25, -0.2) is 0 Å². The molecule has 0 saturated heterocycles. The standard InChI is InChI=1S/C2HF5O5S2.K.H/c3-1(4,13(7,8)9)2(5,6)14(10,11)12;;/h(H,10,11,12);;/q;+1;-1. The Hall–Kier alpha value is 1.15. The van der Waals surface area contributed by atoms with Crippen molar-refractivity contribution in [2.45, 2.75) is 10.5 Å². The SMILES string of the molecule is O=S(=O)(O)C(F)(F)C(F)(F)S(=O)(=O)F.[H-].[K+]. The predicted octanol–water partition coefficient (Wildman–Crippen LogP) is -2.52. The van der Waals surface area contributed by atoms with E-state index < -0.39 is 30.9 Å². The van der Waals surface area contributed by atoms with E-state index in [0.29, 0.717) is 0 Å². The summed E-state index contributed by atoms with van der Waals surface area (Å²) in [4.78, 5) is 0. The van der Waals surface area contributed by atoms with Crippen LogP contribution in [-0.2, 0) is 20.3 Å². The van der Waals surface area contributed by atoms with E-state index in [1.54, 1.807) is 0 Å². The van der Waals surface area contributed by atoms with Gasteiger partial charge in [0.25, 0.3) is 0 Å². The van der Waals surface area contributed by atoms with Crippen LogP contribution in [-0.4, -0.2) is 31.9 Å². The van der Waals surface area contributed by atoms with Gasteiger partial charge in [0, 0.05) is 0 Å². The molecule has 0 aliphatic heterocycles. The molecule has 0 amide bonds. The van der Waals surface area contributed by atoms with Crippen molar-refractivity contribution in [1.82, 2.24) is 0 Å². The zero-order chi connectivity index (χ0) is 12.0. The van der Waals surface area contributed by atoms with Crippen LogP contribution in [0.15, 0.2) is 0 Å². The van der Waals surface area contributed by atoms with Crippen LogP contribution in [0, 0.1) is 0 Å². The monoisotopic (exact) mass is 304 g/mol. The van der Waals surface area contributed by atoms with Gasteiger partial charge in [-0.05, 0) is 0 Å². The summed E-state index contributed by atoms with van der Waals surface area (Å²) in [7, 11) is -13.9. The topological polar surface area (TPSA) is 88.5 Å². The molecule has 0 aliphatic carbocycles. The van der Waals surface area contributed by atoms with Gasteiger partial charge in [0.1, 0.15) is 0 Å². The van der Waals surface area contributed by atoms with Gasteiger partial charge in [-0.2, -0.15) is 34.4 Å². The third kappa shape index (κ3) is 3.30. The zero-order valence-corrected chi connectivity index (χ0v) is 11.5. The Balaban J connectivity index is -0.000000845. The molecule has 0 saturated carbocycles. The summed E-state index contributed by atoms with van der Waals surface area (Å²) in [6, 6.07) is 0. The predicted molar refractivity (Wildman–Crippen MR) is 32.6 cm³/mol. The molecule has 0 spiro atoms. The summed E-state index contributed by atoms with van der Waals surface area (Å²) in [5.41, 5.74) is 0. The molecule has 0 aromatic carbocycles. The zero-order valence-electron chi connectivity index (χ0n) is 7.79. The van der Waals surface area contributed by atoms with Crippen LogP contribution in [0.1, 0.15) is 1.43 Å². The molecular weight excluding hydrogens is 302 g/mol. The minimum absolute atomic E-state index is 0. The summed E-state index contributed by atoms with van der Waals surface area (Å²) in [6.45, 7) is 0. The molecule has 1 N–H and O–H groups in total. The average Bonchev–Trinajstić information content (AvgIpc) is 1.81. The van der Waals surface area contributed by atoms with E-state index in [1.165, 1.54) is 0 Å². The van der Waals surface area contributed by atoms with Crippen LogP contribution < -0.4 is 51.4 Å². The van der Waals surface area contributed by atoms with Gasteiger partial charge in [0.15, 0.2) is 0 Å². The first-order chi connectivity index (χ1) is 5.75. The van der Waals surface area contributed by atoms with Gasteiger partial charge in [0.2, 0.25) is 0 Å². The number of halogens is 5. The molecular formula is C2H2F5KO5S2. The maximum absolute atomic E-state index is 12.0. The number of rotatable bonds is 3. The maximum Gasteiger partial charge on any atom is 1.00 e. The second-order valence-corrected chi connectivity index (χ2v) is 4.80. The number of hydrogen-bond acceptors (Lipinski definition) is 4. The minimum Gasteiger partial charge on any atom is -1.00 e. The Morgan fingerprint density at radius 2 is 1.20 bits per heavy atom. The van der Waals surface area contributed by atoms with E-state index in [1.807, 2.05) is 0 Å². The molecule has 0 bridgehead atoms. The van der Waals surface area contributed by atoms with Gasteiger partial charge in [0.05, 0.1) is 0 Å². The average molecular weight is 304 g/mol. The van der Waals surface area contributed by atoms with Crippen LogP contribution in [0.2, 0.25) is 0 Å². The van der Waals surface area contributed by atoms with Crippen molar-refractivity contribution in [3.05, 3.63) is 0 Å². The van der Waals surface area contributed by atoms with Crippen molar-refractivity contribution >= 4 is 20.3 Å². The molecule has 0 unspecified atom stereocenters. The Morgan fingerprint density at radius 1 is 0.933 bits per heavy atom. The molecule has 5 nitrogen and oxygen atoms in total. The third-order valence-electron chi connectivity index (χ3n) is 0.969. The largest absolute Gasteiger partial charge is 1.00 e. The smallest absolute Gasteiger partial charge is 1.00 e. The summed E-state index contributed by atoms with van der Waals surface area (Å²) in [5.74, 6) is 0. The normalized spacial score (nSPS) is 14.5. The van der Waals surface area contributed by atoms with E-state index in [0.717, 1.165) is 0 Å². The van der Waals surface area contributed by atoms with Gasteiger partial charge < -0.3 is 1.43 Å². The maximum atomic E-state index is 12.0. The van der Waals surface area contributed by atoms with Gasteiger partial charge in [-0.3, -0.25) is 4.55 Å². The minimum atomic E-state index is -7.17. The molecule has 0 heterocycles. The fraction of sp³-hybridized carbons (Fsp3) is 1.00. The molecule has 0 aromatic heterocycles. The van der Waals surface area contributed by atoms with E-state index in [-0.39, 0.29) is 52.8 Å². The fourth-order valence-corrected chi connectivity index (χ4v) is 1.49. The first-order valence-electron chi connectivity index (χ1n) is 2.42. The van der Waals surface area contributed by atoms with Crippen LogP contribution in [0.3, 0.4) is 0 Å². The Kier molecular flexibility index (Phi) is 5.92. The summed E-state index contributed by atoms with van der Waals surface area (Å²) < 4.78 is 105. The Labute approximate surface area is 125 Å². The van der Waals surface area contributed by atoms with Gasteiger partial charge in [-0.15, -0.1) is 0 Å². The Bertz CT molecular complexity index is 388. The van der Waals surface area contributed by atoms with Crippen molar-refractivity contribution in [1.29, 1.82) is 0 Å². The Morgan fingerprint density at radius 3 is 1.27 bits per heavy atom. The second kappa shape index (κ2) is 4.79. The molecule has 0 atom stereocenters. The van der Waals surface area contributed by atoms with Crippen molar-refractivity contribution in [3.8, 4) is 0 Å². The third-order valence-corrected chi connectivity index (χ3v) is 2.87. The van der Waals surface area contributed by atoms with Crippen molar-refractivity contribution in [2.24, 2.45) is 0 Å². The quantitative estimate of drug-likeness (QED) is 0.269. The number of alkyl halides is 4.